The van der Waals surface area contributed by atoms with Crippen LogP contribution in [-0.4, -0.2) is 26.2 Å². The largest absolute Gasteiger partial charge is 0.331 e. The normalized spacial score (nSPS) is 11.8. The number of carbonyl (C=O) groups excluding carboxylic acids is 1. The molecule has 0 aliphatic carbocycles. The van der Waals surface area contributed by atoms with Crippen molar-refractivity contribution in [2.45, 2.75) is 19.9 Å². The van der Waals surface area contributed by atoms with E-state index < -0.39 is 0 Å². The molecule has 0 fully saturated rings. The topological polar surface area (TPSA) is 84.7 Å². The molecule has 7 heteroatoms. The Morgan fingerprint density at radius 2 is 1.96 bits per heavy atom. The van der Waals surface area contributed by atoms with Crippen molar-refractivity contribution in [2.75, 3.05) is 5.32 Å². The smallest absolute Gasteiger partial charge is 0.319 e. The van der Waals surface area contributed by atoms with E-state index in [1.807, 2.05) is 62.4 Å². The lowest BCUT2D eigenvalue weighted by Gasteiger charge is -2.16. The van der Waals surface area contributed by atoms with Crippen LogP contribution in [0.3, 0.4) is 0 Å². The van der Waals surface area contributed by atoms with Crippen LogP contribution in [0.1, 0.15) is 24.1 Å². The maximum atomic E-state index is 12.3. The van der Waals surface area contributed by atoms with Crippen molar-refractivity contribution in [1.82, 2.24) is 25.5 Å². The first-order valence-electron chi connectivity index (χ1n) is 7.60. The number of hydrogen-bond acceptors (Lipinski definition) is 4. The number of amides is 2. The van der Waals surface area contributed by atoms with Crippen LogP contribution in [0.4, 0.5) is 10.5 Å². The minimum Gasteiger partial charge on any atom is -0.331 e. The van der Waals surface area contributed by atoms with E-state index in [1.165, 1.54) is 11.0 Å². The molecule has 0 spiro atoms. The maximum Gasteiger partial charge on any atom is 0.319 e. The molecule has 0 radical (unpaired) electrons. The van der Waals surface area contributed by atoms with Gasteiger partial charge < -0.3 is 10.6 Å². The number of nitrogens with one attached hydrogen (secondary N) is 2. The molecule has 2 aromatic carbocycles. The number of aryl methyl sites for hydroxylation is 1. The number of hydrogen-bond donors (Lipinski definition) is 2. The van der Waals surface area contributed by atoms with Gasteiger partial charge in [0.25, 0.3) is 0 Å². The molecule has 0 aliphatic rings. The molecule has 7 nitrogen and oxygen atoms in total. The van der Waals surface area contributed by atoms with Crippen molar-refractivity contribution in [3.05, 3.63) is 66.0 Å². The molecule has 2 amide bonds. The fourth-order valence-electron chi connectivity index (χ4n) is 2.35. The van der Waals surface area contributed by atoms with E-state index in [-0.39, 0.29) is 12.1 Å². The molecule has 2 N–H and O–H groups in total. The lowest BCUT2D eigenvalue weighted by atomic mass is 10.1. The van der Waals surface area contributed by atoms with Crippen LogP contribution >= 0.6 is 0 Å². The third kappa shape index (κ3) is 3.57. The minimum absolute atomic E-state index is 0.0887. The third-order valence-corrected chi connectivity index (χ3v) is 3.73. The molecule has 122 valence electrons. The van der Waals surface area contributed by atoms with Crippen LogP contribution in [0.15, 0.2) is 54.9 Å². The predicted molar refractivity (Wildman–Crippen MR) is 90.9 cm³/mol. The zero-order chi connectivity index (χ0) is 16.9. The molecule has 3 rings (SSSR count). The fraction of sp³-hybridized carbons (Fsp3) is 0.176. The fourth-order valence-corrected chi connectivity index (χ4v) is 2.35. The molecule has 3 aromatic rings. The second-order valence-electron chi connectivity index (χ2n) is 5.48. The van der Waals surface area contributed by atoms with Crippen molar-refractivity contribution >= 4 is 11.7 Å². The van der Waals surface area contributed by atoms with Gasteiger partial charge in [-0.05, 0) is 47.5 Å². The highest BCUT2D eigenvalue weighted by molar-refractivity contribution is 5.90. The Balaban J connectivity index is 1.71. The van der Waals surface area contributed by atoms with E-state index in [4.69, 9.17) is 0 Å². The Bertz CT molecular complexity index is 816. The lowest BCUT2D eigenvalue weighted by molar-refractivity contribution is 0.249. The molecule has 0 saturated heterocycles. The number of urea groups is 1. The average molecular weight is 322 g/mol. The Morgan fingerprint density at radius 3 is 2.67 bits per heavy atom. The summed E-state index contributed by atoms with van der Waals surface area (Å²) in [5, 5.41) is 16.9. The summed E-state index contributed by atoms with van der Waals surface area (Å²) in [6.45, 7) is 3.87. The quantitative estimate of drug-likeness (QED) is 0.773. The summed E-state index contributed by atoms with van der Waals surface area (Å²) in [4.78, 5) is 12.3. The first-order chi connectivity index (χ1) is 11.6. The van der Waals surface area contributed by atoms with Gasteiger partial charge >= 0.3 is 6.03 Å². The van der Waals surface area contributed by atoms with Crippen LogP contribution in [0.25, 0.3) is 5.69 Å². The van der Waals surface area contributed by atoms with Gasteiger partial charge in [-0.15, -0.1) is 5.10 Å². The maximum absolute atomic E-state index is 12.3. The van der Waals surface area contributed by atoms with Gasteiger partial charge in [-0.25, -0.2) is 9.48 Å². The SMILES string of the molecule is Cc1ccc(-n2cnnn2)cc1NC(=O)N[C@H](C)c1ccccc1. The number of rotatable bonds is 4. The summed E-state index contributed by atoms with van der Waals surface area (Å²) in [6.07, 6.45) is 1.51. The van der Waals surface area contributed by atoms with Crippen LogP contribution in [-0.2, 0) is 0 Å². The van der Waals surface area contributed by atoms with E-state index in [0.29, 0.717) is 5.69 Å². The average Bonchev–Trinajstić information content (AvgIpc) is 3.12. The molecule has 24 heavy (non-hydrogen) atoms. The molecule has 1 heterocycles. The van der Waals surface area contributed by atoms with Crippen molar-refractivity contribution < 1.29 is 4.79 Å². The number of benzene rings is 2. The minimum atomic E-state index is -0.261. The van der Waals surface area contributed by atoms with E-state index >= 15 is 0 Å². The molecular formula is C17H18N6O. The molecule has 0 aliphatic heterocycles. The molecule has 1 aromatic heterocycles. The number of carbonyl (C=O) groups is 1. The van der Waals surface area contributed by atoms with Gasteiger partial charge in [0.05, 0.1) is 11.7 Å². The summed E-state index contributed by atoms with van der Waals surface area (Å²) in [5.41, 5.74) is 3.49. The predicted octanol–water partition coefficient (Wildman–Crippen LogP) is 2.85. The Kier molecular flexibility index (Phi) is 4.51. The summed E-state index contributed by atoms with van der Waals surface area (Å²) >= 11 is 0. The first-order valence-corrected chi connectivity index (χ1v) is 7.60. The van der Waals surface area contributed by atoms with Gasteiger partial charge in [0.1, 0.15) is 6.33 Å². The van der Waals surface area contributed by atoms with Crippen molar-refractivity contribution in [2.24, 2.45) is 0 Å². The Labute approximate surface area is 139 Å². The molecular weight excluding hydrogens is 304 g/mol. The monoisotopic (exact) mass is 322 g/mol. The van der Waals surface area contributed by atoms with Crippen molar-refractivity contribution in [1.29, 1.82) is 0 Å². The van der Waals surface area contributed by atoms with Crippen LogP contribution < -0.4 is 10.6 Å². The highest BCUT2D eigenvalue weighted by Crippen LogP contribution is 2.19. The zero-order valence-electron chi connectivity index (χ0n) is 13.5. The van der Waals surface area contributed by atoms with E-state index in [2.05, 4.69) is 26.2 Å². The Hall–Kier alpha value is -3.22. The highest BCUT2D eigenvalue weighted by Gasteiger charge is 2.11. The summed E-state index contributed by atoms with van der Waals surface area (Å²) in [6, 6.07) is 15.1. The van der Waals surface area contributed by atoms with E-state index in [1.54, 1.807) is 0 Å². The van der Waals surface area contributed by atoms with Crippen molar-refractivity contribution in [3.63, 3.8) is 0 Å². The molecule has 1 atom stereocenters. The standard InChI is InChI=1S/C17H18N6O/c1-12-8-9-15(23-11-18-21-22-23)10-16(12)20-17(24)19-13(2)14-6-4-3-5-7-14/h3-11,13H,1-2H3,(H2,19,20,24)/t13-/m1/s1. The first kappa shape index (κ1) is 15.7. The zero-order valence-corrected chi connectivity index (χ0v) is 13.5. The second kappa shape index (κ2) is 6.91. The number of tetrazole rings is 1. The van der Waals surface area contributed by atoms with Gasteiger partial charge in [0.15, 0.2) is 0 Å². The van der Waals surface area contributed by atoms with Crippen molar-refractivity contribution in [3.8, 4) is 5.69 Å². The molecule has 0 unspecified atom stereocenters. The number of aromatic nitrogens is 4. The van der Waals surface area contributed by atoms with Crippen LogP contribution in [0.2, 0.25) is 0 Å². The third-order valence-electron chi connectivity index (χ3n) is 3.73. The van der Waals surface area contributed by atoms with Crippen LogP contribution in [0.5, 0.6) is 0 Å². The van der Waals surface area contributed by atoms with Crippen LogP contribution in [0, 0.1) is 6.92 Å². The molecule has 0 bridgehead atoms. The second-order valence-corrected chi connectivity index (χ2v) is 5.48. The summed E-state index contributed by atoms with van der Waals surface area (Å²) < 4.78 is 1.54. The summed E-state index contributed by atoms with van der Waals surface area (Å²) in [5.74, 6) is 0. The van der Waals surface area contributed by atoms with E-state index in [0.717, 1.165) is 16.8 Å². The Morgan fingerprint density at radius 1 is 1.17 bits per heavy atom. The van der Waals surface area contributed by atoms with Gasteiger partial charge in [-0.3, -0.25) is 0 Å². The lowest BCUT2D eigenvalue weighted by Crippen LogP contribution is -2.31. The van der Waals surface area contributed by atoms with Gasteiger partial charge in [-0.1, -0.05) is 36.4 Å². The highest BCUT2D eigenvalue weighted by atomic mass is 16.2. The van der Waals surface area contributed by atoms with Gasteiger partial charge in [-0.2, -0.15) is 0 Å². The van der Waals surface area contributed by atoms with E-state index in [9.17, 15) is 4.79 Å². The van der Waals surface area contributed by atoms with Gasteiger partial charge in [0.2, 0.25) is 0 Å². The van der Waals surface area contributed by atoms with Gasteiger partial charge in [0, 0.05) is 5.69 Å². The molecule has 0 saturated carbocycles. The number of nitrogens with zero attached hydrogens (tertiary/aromatic N) is 4. The number of anilines is 1. The summed E-state index contributed by atoms with van der Waals surface area (Å²) in [7, 11) is 0.